The van der Waals surface area contributed by atoms with Gasteiger partial charge in [-0.15, -0.1) is 0 Å². The molecule has 0 aliphatic carbocycles. The molecule has 0 amide bonds. The van der Waals surface area contributed by atoms with Crippen molar-refractivity contribution in [3.8, 4) is 0 Å². The second kappa shape index (κ2) is 27.7. The average Bonchev–Trinajstić information content (AvgIpc) is 3.32. The second-order valence-electron chi connectivity index (χ2n) is 14.0. The number of rotatable bonds is 12. The van der Waals surface area contributed by atoms with Gasteiger partial charge in [0, 0.05) is 61.6 Å². The standard InChI is InChI=1S/C10H9F2NO4.C10H9NO5.C9H7NO5.C9H8O3.C8H7BrO2/c1-5-7(10(14)17-2)3-6(9(11)12)4-8(5)13(15)16;1-6-8(10(13)16-2)3-7(5-12)4-9(6)11(14)15;1-5-7(9(12)13)2-6(4-11)3-8(5)10(14)15;1-6-2-3-7(5-10)4-8(6)9(11)12;1-5-2-3-6(9)4-7(5)8(10)11/h3-4,9H,1-2H3;3-5H,1-2H3;2-4H,1H3,(H,12,13);2-5H,1H3,(H,11,12);2-4H,1H3,(H,10,11). The zero-order chi connectivity index (χ0) is 54.6. The molecule has 5 rings (SSSR count). The van der Waals surface area contributed by atoms with E-state index in [1.54, 1.807) is 38.1 Å². The molecule has 0 fully saturated rings. The number of benzene rings is 5. The fraction of sp³-hybridized carbons (Fsp3) is 0.174. The van der Waals surface area contributed by atoms with Crippen LogP contribution in [-0.4, -0.2) is 93.0 Å². The van der Waals surface area contributed by atoms with Gasteiger partial charge in [-0.2, -0.15) is 0 Å². The Labute approximate surface area is 408 Å². The Morgan fingerprint density at radius 1 is 0.521 bits per heavy atom. The monoisotopic (exact) mass is 1060 g/mol. The molecule has 5 aromatic carbocycles. The number of nitro groups is 3. The minimum Gasteiger partial charge on any atom is -0.478 e. The number of aldehydes is 3. The quantitative estimate of drug-likeness (QED) is 0.0453. The molecular formula is C46H40BrF2N3O19. The van der Waals surface area contributed by atoms with E-state index in [1.165, 1.54) is 40.0 Å². The first-order valence-corrected chi connectivity index (χ1v) is 20.2. The van der Waals surface area contributed by atoms with E-state index in [-0.39, 0.29) is 61.4 Å². The van der Waals surface area contributed by atoms with E-state index in [4.69, 9.17) is 15.3 Å². The number of nitrogens with zero attached hydrogens (tertiary/aromatic N) is 3. The normalized spacial score (nSPS) is 9.79. The van der Waals surface area contributed by atoms with Crippen LogP contribution in [0, 0.1) is 65.0 Å². The molecule has 3 N–H and O–H groups in total. The molecule has 0 unspecified atom stereocenters. The summed E-state index contributed by atoms with van der Waals surface area (Å²) < 4.78 is 34.7. The van der Waals surface area contributed by atoms with E-state index < -0.39 is 62.3 Å². The Morgan fingerprint density at radius 2 is 0.859 bits per heavy atom. The number of methoxy groups -OCH3 is 2. The van der Waals surface area contributed by atoms with Gasteiger partial charge in [-0.05, 0) is 82.1 Å². The van der Waals surface area contributed by atoms with Crippen molar-refractivity contribution in [3.05, 3.63) is 186 Å². The molecule has 0 bridgehead atoms. The van der Waals surface area contributed by atoms with Crippen LogP contribution in [0.5, 0.6) is 0 Å². The van der Waals surface area contributed by atoms with Gasteiger partial charge in [0.15, 0.2) is 0 Å². The van der Waals surface area contributed by atoms with E-state index in [0.29, 0.717) is 35.5 Å². The van der Waals surface area contributed by atoms with Crippen LogP contribution in [0.25, 0.3) is 0 Å². The summed E-state index contributed by atoms with van der Waals surface area (Å²) in [6, 6.07) is 16.0. The van der Waals surface area contributed by atoms with Crippen molar-refractivity contribution in [1.29, 1.82) is 0 Å². The molecule has 0 radical (unpaired) electrons. The number of aromatic carboxylic acids is 3. The lowest BCUT2D eigenvalue weighted by Gasteiger charge is -2.07. The summed E-state index contributed by atoms with van der Waals surface area (Å²) in [4.78, 5) is 116. The summed E-state index contributed by atoms with van der Waals surface area (Å²) in [7, 11) is 2.24. The van der Waals surface area contributed by atoms with Crippen LogP contribution >= 0.6 is 15.9 Å². The molecular weight excluding hydrogens is 1020 g/mol. The van der Waals surface area contributed by atoms with Crippen LogP contribution in [0.4, 0.5) is 25.8 Å². The molecule has 0 heterocycles. The minimum absolute atomic E-state index is 0.00579. The van der Waals surface area contributed by atoms with E-state index >= 15 is 0 Å². The summed E-state index contributed by atoms with van der Waals surface area (Å²) in [6.07, 6.45) is -1.44. The summed E-state index contributed by atoms with van der Waals surface area (Å²) in [5.74, 6) is -4.77. The maximum absolute atomic E-state index is 12.5. The zero-order valence-corrected chi connectivity index (χ0v) is 39.7. The Hall–Kier alpha value is -9.00. The van der Waals surface area contributed by atoms with Gasteiger partial charge in [0.1, 0.15) is 18.9 Å². The van der Waals surface area contributed by atoms with E-state index in [2.05, 4.69) is 25.4 Å². The fourth-order valence-electron chi connectivity index (χ4n) is 5.63. The second-order valence-corrected chi connectivity index (χ2v) is 14.9. The number of carbonyl (C=O) groups excluding carboxylic acids is 5. The largest absolute Gasteiger partial charge is 0.478 e. The topological polar surface area (TPSA) is 345 Å². The van der Waals surface area contributed by atoms with Gasteiger partial charge in [0.05, 0.1) is 56.8 Å². The summed E-state index contributed by atoms with van der Waals surface area (Å²) in [6.45, 7) is 7.53. The lowest BCUT2D eigenvalue weighted by Crippen LogP contribution is -2.07. The Morgan fingerprint density at radius 3 is 1.21 bits per heavy atom. The number of aryl methyl sites for hydroxylation is 2. The molecule has 25 heteroatoms. The first kappa shape index (κ1) is 60.0. The smallest absolute Gasteiger partial charge is 0.338 e. The molecule has 0 aliphatic rings. The third-order valence-electron chi connectivity index (χ3n) is 9.42. The van der Waals surface area contributed by atoms with Crippen molar-refractivity contribution in [3.63, 3.8) is 0 Å². The van der Waals surface area contributed by atoms with Gasteiger partial charge in [-0.1, -0.05) is 34.1 Å². The van der Waals surface area contributed by atoms with Crippen molar-refractivity contribution in [2.45, 2.75) is 41.0 Å². The molecule has 0 aromatic heterocycles. The van der Waals surface area contributed by atoms with E-state index in [0.717, 1.165) is 47.5 Å². The number of carboxylic acids is 3. The van der Waals surface area contributed by atoms with Crippen molar-refractivity contribution in [2.24, 2.45) is 0 Å². The van der Waals surface area contributed by atoms with E-state index in [1.807, 2.05) is 6.07 Å². The van der Waals surface area contributed by atoms with Gasteiger partial charge in [-0.3, -0.25) is 44.7 Å². The Bertz CT molecular complexity index is 2890. The lowest BCUT2D eigenvalue weighted by molar-refractivity contribution is -0.385. The average molecular weight is 1060 g/mol. The molecule has 71 heavy (non-hydrogen) atoms. The van der Waals surface area contributed by atoms with Crippen LogP contribution in [0.1, 0.15) is 123 Å². The highest BCUT2D eigenvalue weighted by atomic mass is 79.9. The molecule has 22 nitrogen and oxygen atoms in total. The van der Waals surface area contributed by atoms with Gasteiger partial charge < -0.3 is 24.8 Å². The minimum atomic E-state index is -2.89. The van der Waals surface area contributed by atoms with Crippen molar-refractivity contribution in [2.75, 3.05) is 14.2 Å². The maximum atomic E-state index is 12.5. The molecule has 374 valence electrons. The third kappa shape index (κ3) is 17.2. The molecule has 5 aromatic rings. The molecule has 0 saturated heterocycles. The SMILES string of the molecule is COC(=O)c1cc(C(F)F)cc([N+](=O)[O-])c1C.COC(=O)c1cc(C=O)cc([N+](=O)[O-])c1C.Cc1c(C(=O)O)cc(C=O)cc1[N+](=O)[O-].Cc1ccc(Br)cc1C(=O)O.Cc1ccc(C=O)cc1C(=O)O. The number of halogens is 3. The number of hydrogen-bond donors (Lipinski definition) is 3. The number of esters is 2. The lowest BCUT2D eigenvalue weighted by atomic mass is 10.0. The summed E-state index contributed by atoms with van der Waals surface area (Å²) >= 11 is 3.20. The highest BCUT2D eigenvalue weighted by Crippen LogP contribution is 2.30. The predicted molar refractivity (Wildman–Crippen MR) is 248 cm³/mol. The third-order valence-corrected chi connectivity index (χ3v) is 9.91. The van der Waals surface area contributed by atoms with E-state index in [9.17, 15) is 77.5 Å². The summed E-state index contributed by atoms with van der Waals surface area (Å²) in [5, 5.41) is 58.0. The maximum Gasteiger partial charge on any atom is 0.338 e. The number of nitro benzene ring substituents is 3. The van der Waals surface area contributed by atoms with Gasteiger partial charge in [-0.25, -0.2) is 32.8 Å². The number of alkyl halides is 2. The van der Waals surface area contributed by atoms with Gasteiger partial charge in [0.25, 0.3) is 23.5 Å². The highest BCUT2D eigenvalue weighted by Gasteiger charge is 2.24. The van der Waals surface area contributed by atoms with Crippen LogP contribution in [0.15, 0.2) is 77.3 Å². The number of ether oxygens (including phenoxy) is 2. The zero-order valence-electron chi connectivity index (χ0n) is 38.1. The summed E-state index contributed by atoms with van der Waals surface area (Å²) in [5.41, 5.74) is 0.454. The Balaban J connectivity index is 0.000000447. The predicted octanol–water partition coefficient (Wildman–Crippen LogP) is 9.51. The molecule has 0 saturated carbocycles. The number of carbonyl (C=O) groups is 8. The van der Waals surface area contributed by atoms with Crippen LogP contribution in [-0.2, 0) is 9.47 Å². The first-order valence-electron chi connectivity index (χ1n) is 19.4. The van der Waals surface area contributed by atoms with Gasteiger partial charge in [0.2, 0.25) is 0 Å². The fourth-order valence-corrected chi connectivity index (χ4v) is 5.99. The molecule has 0 aliphatic heterocycles. The molecule has 0 atom stereocenters. The van der Waals surface area contributed by atoms with Crippen molar-refractivity contribution in [1.82, 2.24) is 0 Å². The number of carboxylic acid groups (broad SMARTS) is 3. The van der Waals surface area contributed by atoms with Gasteiger partial charge >= 0.3 is 29.8 Å². The molecule has 0 spiro atoms. The van der Waals surface area contributed by atoms with Crippen LogP contribution in [0.3, 0.4) is 0 Å². The number of hydrogen-bond acceptors (Lipinski definition) is 16. The van der Waals surface area contributed by atoms with Crippen molar-refractivity contribution < 1.29 is 86.7 Å². The van der Waals surface area contributed by atoms with Crippen molar-refractivity contribution >= 4 is 81.7 Å². The Kier molecular flexibility index (Phi) is 23.4. The first-order chi connectivity index (χ1) is 33.1. The van der Waals surface area contributed by atoms with Crippen LogP contribution in [0.2, 0.25) is 0 Å². The van der Waals surface area contributed by atoms with Crippen LogP contribution < -0.4 is 0 Å². The highest BCUT2D eigenvalue weighted by molar-refractivity contribution is 9.10.